The lowest BCUT2D eigenvalue weighted by atomic mass is 10.0. The van der Waals surface area contributed by atoms with Crippen molar-refractivity contribution >= 4 is 40.0 Å². The van der Waals surface area contributed by atoms with Crippen LogP contribution in [0.3, 0.4) is 0 Å². The van der Waals surface area contributed by atoms with Crippen molar-refractivity contribution in [1.82, 2.24) is 0 Å². The first-order valence-electron chi connectivity index (χ1n) is 7.03. The van der Waals surface area contributed by atoms with E-state index in [1.54, 1.807) is 6.34 Å². The molecule has 0 fully saturated rings. The molecule has 2 atom stereocenters. The number of hydrogen-bond donors (Lipinski definition) is 0. The standard InChI is InChI=1S/C16H15BrN4/c1-11-6-12(17)8-13(7-11)21-15-5-3-2-4-14(15)20-10-18-9-19-16(20)21/h2-5,7-11,16H,6H2,1H3. The van der Waals surface area contributed by atoms with Gasteiger partial charge >= 0.3 is 0 Å². The lowest BCUT2D eigenvalue weighted by Gasteiger charge is -2.31. The zero-order valence-electron chi connectivity index (χ0n) is 11.6. The molecule has 2 aliphatic heterocycles. The Labute approximate surface area is 132 Å². The van der Waals surface area contributed by atoms with Crippen LogP contribution in [0.1, 0.15) is 13.3 Å². The number of allylic oxidation sites excluding steroid dienone is 3. The molecular formula is C16H15BrN4. The largest absolute Gasteiger partial charge is 0.300 e. The molecule has 0 bridgehead atoms. The second-order valence-electron chi connectivity index (χ2n) is 5.51. The first-order chi connectivity index (χ1) is 10.2. The highest BCUT2D eigenvalue weighted by atomic mass is 79.9. The van der Waals surface area contributed by atoms with Crippen LogP contribution in [0.2, 0.25) is 0 Å². The van der Waals surface area contributed by atoms with Gasteiger partial charge in [0.2, 0.25) is 6.29 Å². The van der Waals surface area contributed by atoms with Gasteiger partial charge in [0, 0.05) is 5.70 Å². The molecule has 2 unspecified atom stereocenters. The van der Waals surface area contributed by atoms with E-state index in [9.17, 15) is 0 Å². The fourth-order valence-electron chi connectivity index (χ4n) is 3.07. The molecule has 2 heterocycles. The van der Waals surface area contributed by atoms with Crippen LogP contribution in [0.5, 0.6) is 0 Å². The Bertz CT molecular complexity index is 704. The molecule has 3 aliphatic rings. The van der Waals surface area contributed by atoms with Gasteiger partial charge in [0.15, 0.2) is 0 Å². The molecule has 0 saturated heterocycles. The number of para-hydroxylation sites is 2. The Morgan fingerprint density at radius 3 is 2.86 bits per heavy atom. The van der Waals surface area contributed by atoms with E-state index in [4.69, 9.17) is 0 Å². The van der Waals surface area contributed by atoms with Crippen molar-refractivity contribution in [2.75, 3.05) is 9.80 Å². The number of benzene rings is 1. The smallest absolute Gasteiger partial charge is 0.210 e. The molecule has 0 saturated carbocycles. The Morgan fingerprint density at radius 2 is 2.05 bits per heavy atom. The number of nitrogens with zero attached hydrogens (tertiary/aromatic N) is 4. The fraction of sp³-hybridized carbons (Fsp3) is 0.250. The summed E-state index contributed by atoms with van der Waals surface area (Å²) in [5, 5.41) is 0. The number of hydrogen-bond acceptors (Lipinski definition) is 4. The van der Waals surface area contributed by atoms with Gasteiger partial charge in [0.05, 0.1) is 11.4 Å². The second-order valence-corrected chi connectivity index (χ2v) is 6.52. The average Bonchev–Trinajstić information content (AvgIpc) is 2.81. The molecule has 0 spiro atoms. The van der Waals surface area contributed by atoms with Gasteiger partial charge in [0.1, 0.15) is 12.7 Å². The number of aliphatic imine (C=N–C) groups is 2. The molecule has 0 radical (unpaired) electrons. The topological polar surface area (TPSA) is 31.2 Å². The third-order valence-corrected chi connectivity index (χ3v) is 4.46. The van der Waals surface area contributed by atoms with Gasteiger partial charge in [-0.2, -0.15) is 0 Å². The van der Waals surface area contributed by atoms with E-state index in [2.05, 4.69) is 79.1 Å². The molecule has 1 aliphatic carbocycles. The minimum atomic E-state index is -0.0759. The van der Waals surface area contributed by atoms with Crippen molar-refractivity contribution < 1.29 is 0 Å². The minimum Gasteiger partial charge on any atom is -0.300 e. The summed E-state index contributed by atoms with van der Waals surface area (Å²) in [6, 6.07) is 8.37. The molecule has 1 aromatic carbocycles. The summed E-state index contributed by atoms with van der Waals surface area (Å²) in [6.45, 7) is 2.24. The summed E-state index contributed by atoms with van der Waals surface area (Å²) in [7, 11) is 0. The highest BCUT2D eigenvalue weighted by Crippen LogP contribution is 2.43. The van der Waals surface area contributed by atoms with Crippen LogP contribution < -0.4 is 9.80 Å². The molecule has 5 heteroatoms. The van der Waals surface area contributed by atoms with Gasteiger partial charge in [-0.05, 0) is 35.0 Å². The van der Waals surface area contributed by atoms with Crippen LogP contribution in [-0.2, 0) is 0 Å². The first-order valence-corrected chi connectivity index (χ1v) is 7.83. The van der Waals surface area contributed by atoms with Crippen LogP contribution in [0.25, 0.3) is 0 Å². The van der Waals surface area contributed by atoms with E-state index in [0.29, 0.717) is 5.92 Å². The molecule has 0 amide bonds. The number of anilines is 2. The zero-order chi connectivity index (χ0) is 14.4. The first kappa shape index (κ1) is 12.8. The second kappa shape index (κ2) is 4.84. The predicted octanol–water partition coefficient (Wildman–Crippen LogP) is 3.87. The van der Waals surface area contributed by atoms with Crippen molar-refractivity contribution in [3.05, 3.63) is 46.6 Å². The highest BCUT2D eigenvalue weighted by Gasteiger charge is 2.37. The van der Waals surface area contributed by atoms with E-state index in [1.165, 1.54) is 15.9 Å². The Morgan fingerprint density at radius 1 is 1.24 bits per heavy atom. The van der Waals surface area contributed by atoms with Gasteiger partial charge in [-0.25, -0.2) is 9.98 Å². The maximum Gasteiger partial charge on any atom is 0.210 e. The molecule has 0 aromatic heterocycles. The molecule has 4 nitrogen and oxygen atoms in total. The quantitative estimate of drug-likeness (QED) is 0.775. The summed E-state index contributed by atoms with van der Waals surface area (Å²) in [6.07, 6.45) is 8.97. The van der Waals surface area contributed by atoms with Crippen LogP contribution in [-0.4, -0.2) is 19.0 Å². The summed E-state index contributed by atoms with van der Waals surface area (Å²) < 4.78 is 1.23. The van der Waals surface area contributed by atoms with Crippen LogP contribution in [0.4, 0.5) is 11.4 Å². The van der Waals surface area contributed by atoms with Crippen molar-refractivity contribution in [3.63, 3.8) is 0 Å². The van der Waals surface area contributed by atoms with Crippen molar-refractivity contribution in [2.24, 2.45) is 15.9 Å². The lowest BCUT2D eigenvalue weighted by molar-refractivity contribution is 0.683. The van der Waals surface area contributed by atoms with Crippen molar-refractivity contribution in [2.45, 2.75) is 19.6 Å². The van der Waals surface area contributed by atoms with E-state index in [0.717, 1.165) is 12.1 Å². The molecular weight excluding hydrogens is 328 g/mol. The Hall–Kier alpha value is -1.88. The summed E-state index contributed by atoms with van der Waals surface area (Å²) in [5.41, 5.74) is 3.50. The van der Waals surface area contributed by atoms with Gasteiger partial charge in [-0.15, -0.1) is 0 Å². The van der Waals surface area contributed by atoms with E-state index >= 15 is 0 Å². The molecule has 4 rings (SSSR count). The Kier molecular flexibility index (Phi) is 2.96. The summed E-state index contributed by atoms with van der Waals surface area (Å²) >= 11 is 3.66. The van der Waals surface area contributed by atoms with Gasteiger partial charge in [-0.1, -0.05) is 41.1 Å². The van der Waals surface area contributed by atoms with Gasteiger partial charge in [0.25, 0.3) is 0 Å². The maximum atomic E-state index is 4.56. The maximum absolute atomic E-state index is 4.56. The third-order valence-electron chi connectivity index (χ3n) is 3.91. The molecule has 106 valence electrons. The number of halogens is 1. The van der Waals surface area contributed by atoms with Crippen LogP contribution in [0.15, 0.2) is 56.6 Å². The van der Waals surface area contributed by atoms with E-state index < -0.39 is 0 Å². The predicted molar refractivity (Wildman–Crippen MR) is 91.0 cm³/mol. The third kappa shape index (κ3) is 2.03. The van der Waals surface area contributed by atoms with Gasteiger partial charge in [-0.3, -0.25) is 9.80 Å². The average molecular weight is 343 g/mol. The fourth-order valence-corrected chi connectivity index (χ4v) is 3.81. The van der Waals surface area contributed by atoms with Crippen LogP contribution >= 0.6 is 15.9 Å². The molecule has 21 heavy (non-hydrogen) atoms. The normalized spacial score (nSPS) is 26.4. The lowest BCUT2D eigenvalue weighted by Crippen LogP contribution is -2.42. The van der Waals surface area contributed by atoms with E-state index in [-0.39, 0.29) is 6.29 Å². The SMILES string of the molecule is CC1C=C(N2c3ccccc3N3C=NC=NC32)C=C(Br)C1. The summed E-state index contributed by atoms with van der Waals surface area (Å²) in [4.78, 5) is 13.1. The molecule has 0 N–H and O–H groups in total. The minimum absolute atomic E-state index is 0.0759. The van der Waals surface area contributed by atoms with Crippen molar-refractivity contribution in [3.8, 4) is 0 Å². The Balaban J connectivity index is 1.85. The van der Waals surface area contributed by atoms with Gasteiger partial charge < -0.3 is 0 Å². The highest BCUT2D eigenvalue weighted by molar-refractivity contribution is 9.11. The monoisotopic (exact) mass is 342 g/mol. The number of rotatable bonds is 1. The van der Waals surface area contributed by atoms with Crippen LogP contribution in [0, 0.1) is 5.92 Å². The summed E-state index contributed by atoms with van der Waals surface area (Å²) in [5.74, 6) is 0.516. The van der Waals surface area contributed by atoms with E-state index in [1.807, 2.05) is 6.34 Å². The van der Waals surface area contributed by atoms with Crippen molar-refractivity contribution in [1.29, 1.82) is 0 Å². The number of fused-ring (bicyclic) bond motifs is 3. The molecule has 1 aromatic rings. The zero-order valence-corrected chi connectivity index (χ0v) is 13.2.